The number of hydrogen-bond donors (Lipinski definition) is 1. The average molecular weight is 331 g/mol. The molecule has 0 bridgehead atoms. The summed E-state index contributed by atoms with van der Waals surface area (Å²) in [5.41, 5.74) is 3.38. The Labute approximate surface area is 127 Å². The summed E-state index contributed by atoms with van der Waals surface area (Å²) in [5, 5.41) is 19.1. The van der Waals surface area contributed by atoms with Crippen molar-refractivity contribution in [2.75, 3.05) is 11.4 Å². The van der Waals surface area contributed by atoms with Crippen molar-refractivity contribution in [1.82, 2.24) is 0 Å². The molecular formula is C16H15BrN2O. The third-order valence-electron chi connectivity index (χ3n) is 3.19. The molecule has 2 aromatic rings. The summed E-state index contributed by atoms with van der Waals surface area (Å²) < 4.78 is 0.772. The smallest absolute Gasteiger partial charge is 0.117 e. The van der Waals surface area contributed by atoms with Gasteiger partial charge < -0.3 is 10.0 Å². The maximum atomic E-state index is 9.71. The van der Waals surface area contributed by atoms with Crippen LogP contribution in [0.15, 0.2) is 40.9 Å². The topological polar surface area (TPSA) is 47.3 Å². The largest absolute Gasteiger partial charge is 0.508 e. The van der Waals surface area contributed by atoms with Gasteiger partial charge in [0.25, 0.3) is 0 Å². The standard InChI is InChI=1S/C16H15BrN2O/c1-3-19(16-9-12(20)8-7-11(16)2)15-6-4-5-14(17)13(15)10-18/h4-9,20H,3H2,1-2H3. The lowest BCUT2D eigenvalue weighted by atomic mass is 10.1. The van der Waals surface area contributed by atoms with Crippen LogP contribution in [-0.4, -0.2) is 11.7 Å². The average Bonchev–Trinajstić information content (AvgIpc) is 2.44. The second kappa shape index (κ2) is 5.98. The molecule has 2 aromatic carbocycles. The summed E-state index contributed by atoms with van der Waals surface area (Å²) in [4.78, 5) is 2.03. The summed E-state index contributed by atoms with van der Waals surface area (Å²) in [7, 11) is 0. The molecule has 0 atom stereocenters. The van der Waals surface area contributed by atoms with E-state index in [0.717, 1.165) is 21.4 Å². The van der Waals surface area contributed by atoms with E-state index >= 15 is 0 Å². The van der Waals surface area contributed by atoms with Crippen LogP contribution in [0.4, 0.5) is 11.4 Å². The molecule has 0 aliphatic heterocycles. The molecule has 0 unspecified atom stereocenters. The van der Waals surface area contributed by atoms with E-state index < -0.39 is 0 Å². The second-order valence-corrected chi connectivity index (χ2v) is 5.32. The molecule has 0 aromatic heterocycles. The molecule has 0 aliphatic carbocycles. The highest BCUT2D eigenvalue weighted by Crippen LogP contribution is 2.35. The van der Waals surface area contributed by atoms with Crippen LogP contribution >= 0.6 is 15.9 Å². The van der Waals surface area contributed by atoms with Gasteiger partial charge in [-0.2, -0.15) is 5.26 Å². The number of aromatic hydroxyl groups is 1. The molecule has 1 N–H and O–H groups in total. The van der Waals surface area contributed by atoms with Crippen molar-refractivity contribution in [2.45, 2.75) is 13.8 Å². The zero-order valence-corrected chi connectivity index (χ0v) is 13.0. The first-order valence-electron chi connectivity index (χ1n) is 6.34. The number of nitrogens with zero attached hydrogens (tertiary/aromatic N) is 2. The van der Waals surface area contributed by atoms with Crippen LogP contribution in [0.3, 0.4) is 0 Å². The van der Waals surface area contributed by atoms with E-state index in [1.807, 2.05) is 43.0 Å². The van der Waals surface area contributed by atoms with Gasteiger partial charge in [0, 0.05) is 22.8 Å². The number of benzene rings is 2. The fraction of sp³-hybridized carbons (Fsp3) is 0.188. The van der Waals surface area contributed by atoms with E-state index in [4.69, 9.17) is 0 Å². The van der Waals surface area contributed by atoms with Gasteiger partial charge in [-0.25, -0.2) is 0 Å². The van der Waals surface area contributed by atoms with E-state index in [1.54, 1.807) is 12.1 Å². The molecule has 0 radical (unpaired) electrons. The normalized spacial score (nSPS) is 10.1. The second-order valence-electron chi connectivity index (χ2n) is 4.46. The first kappa shape index (κ1) is 14.4. The van der Waals surface area contributed by atoms with E-state index in [-0.39, 0.29) is 5.75 Å². The first-order valence-corrected chi connectivity index (χ1v) is 7.13. The maximum Gasteiger partial charge on any atom is 0.117 e. The van der Waals surface area contributed by atoms with E-state index in [1.165, 1.54) is 0 Å². The predicted molar refractivity (Wildman–Crippen MR) is 84.4 cm³/mol. The molecule has 20 heavy (non-hydrogen) atoms. The highest BCUT2D eigenvalue weighted by molar-refractivity contribution is 9.10. The molecule has 3 nitrogen and oxygen atoms in total. The number of phenolic OH excluding ortho intramolecular Hbond substituents is 1. The van der Waals surface area contributed by atoms with Gasteiger partial charge in [-0.3, -0.25) is 0 Å². The SMILES string of the molecule is CCN(c1cc(O)ccc1C)c1cccc(Br)c1C#N. The molecule has 2 rings (SSSR count). The van der Waals surface area contributed by atoms with Crippen LogP contribution in [0.2, 0.25) is 0 Å². The molecular weight excluding hydrogens is 316 g/mol. The van der Waals surface area contributed by atoms with E-state index in [9.17, 15) is 10.4 Å². The maximum absolute atomic E-state index is 9.71. The van der Waals surface area contributed by atoms with Crippen molar-refractivity contribution < 1.29 is 5.11 Å². The van der Waals surface area contributed by atoms with Gasteiger partial charge in [-0.05, 0) is 53.5 Å². The molecule has 0 fully saturated rings. The quantitative estimate of drug-likeness (QED) is 0.901. The zero-order chi connectivity index (χ0) is 14.7. The van der Waals surface area contributed by atoms with Gasteiger partial charge >= 0.3 is 0 Å². The van der Waals surface area contributed by atoms with Gasteiger partial charge in [0.1, 0.15) is 11.8 Å². The molecule has 0 aliphatic rings. The zero-order valence-electron chi connectivity index (χ0n) is 11.4. The number of phenols is 1. The van der Waals surface area contributed by atoms with Crippen molar-refractivity contribution in [3.8, 4) is 11.8 Å². The van der Waals surface area contributed by atoms with Gasteiger partial charge in [-0.15, -0.1) is 0 Å². The lowest BCUT2D eigenvalue weighted by molar-refractivity contribution is 0.475. The Balaban J connectivity index is 2.62. The van der Waals surface area contributed by atoms with Gasteiger partial charge in [-0.1, -0.05) is 12.1 Å². The number of rotatable bonds is 3. The van der Waals surface area contributed by atoms with Crippen LogP contribution in [0.1, 0.15) is 18.1 Å². The molecule has 0 spiro atoms. The Hall–Kier alpha value is -1.99. The molecule has 4 heteroatoms. The highest BCUT2D eigenvalue weighted by atomic mass is 79.9. The Morgan fingerprint density at radius 2 is 2.00 bits per heavy atom. The highest BCUT2D eigenvalue weighted by Gasteiger charge is 2.16. The lowest BCUT2D eigenvalue weighted by Crippen LogP contribution is -2.18. The number of halogens is 1. The van der Waals surface area contributed by atoms with Crippen molar-refractivity contribution in [3.63, 3.8) is 0 Å². The van der Waals surface area contributed by atoms with E-state index in [0.29, 0.717) is 12.1 Å². The number of anilines is 2. The van der Waals surface area contributed by atoms with Crippen molar-refractivity contribution in [1.29, 1.82) is 5.26 Å². The minimum atomic E-state index is 0.220. The number of aryl methyl sites for hydroxylation is 1. The van der Waals surface area contributed by atoms with Crippen LogP contribution in [0.5, 0.6) is 5.75 Å². The summed E-state index contributed by atoms with van der Waals surface area (Å²) in [6, 6.07) is 13.2. The van der Waals surface area contributed by atoms with Gasteiger partial charge in [0.15, 0.2) is 0 Å². The summed E-state index contributed by atoms with van der Waals surface area (Å²) in [6.07, 6.45) is 0. The Bertz CT molecular complexity index is 677. The van der Waals surface area contributed by atoms with Crippen LogP contribution in [-0.2, 0) is 0 Å². The fourth-order valence-corrected chi connectivity index (χ4v) is 2.65. The number of nitriles is 1. The van der Waals surface area contributed by atoms with Crippen LogP contribution in [0.25, 0.3) is 0 Å². The van der Waals surface area contributed by atoms with Crippen molar-refractivity contribution in [2.24, 2.45) is 0 Å². The summed E-state index contributed by atoms with van der Waals surface area (Å²) in [6.45, 7) is 4.71. The predicted octanol–water partition coefficient (Wildman–Crippen LogP) is 4.49. The van der Waals surface area contributed by atoms with E-state index in [2.05, 4.69) is 22.0 Å². The molecule has 0 saturated carbocycles. The fourth-order valence-electron chi connectivity index (χ4n) is 2.21. The Kier molecular flexibility index (Phi) is 4.31. The molecule has 0 heterocycles. The van der Waals surface area contributed by atoms with Crippen molar-refractivity contribution >= 4 is 27.3 Å². The lowest BCUT2D eigenvalue weighted by Gasteiger charge is -2.26. The number of hydrogen-bond acceptors (Lipinski definition) is 3. The molecule has 102 valence electrons. The van der Waals surface area contributed by atoms with Crippen LogP contribution in [0, 0.1) is 18.3 Å². The molecule has 0 saturated heterocycles. The monoisotopic (exact) mass is 330 g/mol. The van der Waals surface area contributed by atoms with Crippen LogP contribution < -0.4 is 4.90 Å². The first-order chi connectivity index (χ1) is 9.58. The Morgan fingerprint density at radius 1 is 1.25 bits per heavy atom. The minimum Gasteiger partial charge on any atom is -0.508 e. The summed E-state index contributed by atoms with van der Waals surface area (Å²) in [5.74, 6) is 0.220. The Morgan fingerprint density at radius 3 is 2.65 bits per heavy atom. The molecule has 0 amide bonds. The van der Waals surface area contributed by atoms with Gasteiger partial charge in [0.05, 0.1) is 11.3 Å². The minimum absolute atomic E-state index is 0.220. The summed E-state index contributed by atoms with van der Waals surface area (Å²) >= 11 is 3.41. The third-order valence-corrected chi connectivity index (χ3v) is 3.85. The van der Waals surface area contributed by atoms with Crippen molar-refractivity contribution in [3.05, 3.63) is 52.0 Å². The van der Waals surface area contributed by atoms with Gasteiger partial charge in [0.2, 0.25) is 0 Å². The third kappa shape index (κ3) is 2.63.